The lowest BCUT2D eigenvalue weighted by Crippen LogP contribution is -2.52. The van der Waals surface area contributed by atoms with Crippen LogP contribution < -0.4 is 5.32 Å². The molecule has 0 spiro atoms. The Balaban J connectivity index is 2.13. The molecule has 0 aromatic carbocycles. The summed E-state index contributed by atoms with van der Waals surface area (Å²) in [5.74, 6) is -0.0305. The summed E-state index contributed by atoms with van der Waals surface area (Å²) in [5, 5.41) is 10.8. The van der Waals surface area contributed by atoms with Crippen molar-refractivity contribution in [3.8, 4) is 0 Å². The largest absolute Gasteiger partial charge is 0.332 e. The molecule has 1 atom stereocenters. The van der Waals surface area contributed by atoms with Gasteiger partial charge in [0, 0.05) is 32.7 Å². The first-order valence-corrected chi connectivity index (χ1v) is 5.06. The van der Waals surface area contributed by atoms with Crippen molar-refractivity contribution in [2.24, 2.45) is 7.05 Å². The number of aromatic nitrogens is 3. The van der Waals surface area contributed by atoms with Crippen LogP contribution in [0.25, 0.3) is 0 Å². The zero-order valence-corrected chi connectivity index (χ0v) is 8.97. The van der Waals surface area contributed by atoms with Crippen LogP contribution in [0, 0.1) is 0 Å². The van der Waals surface area contributed by atoms with Crippen molar-refractivity contribution < 1.29 is 4.79 Å². The fourth-order valence-electron chi connectivity index (χ4n) is 1.74. The Labute approximate surface area is 88.2 Å². The van der Waals surface area contributed by atoms with Gasteiger partial charge in [-0.15, -0.1) is 5.10 Å². The average Bonchev–Trinajstić information content (AvgIpc) is 2.65. The Hall–Kier alpha value is -1.43. The van der Waals surface area contributed by atoms with Crippen molar-refractivity contribution in [2.45, 2.75) is 13.0 Å². The predicted molar refractivity (Wildman–Crippen MR) is 54.4 cm³/mol. The number of rotatable bonds is 1. The third kappa shape index (κ3) is 1.99. The molecular formula is C9H15N5O. The van der Waals surface area contributed by atoms with Crippen LogP contribution in [0.3, 0.4) is 0 Å². The molecule has 1 aliphatic heterocycles. The van der Waals surface area contributed by atoms with Crippen molar-refractivity contribution in [1.29, 1.82) is 0 Å². The molecule has 6 nitrogen and oxygen atoms in total. The molecule has 1 aliphatic rings. The number of piperazine rings is 1. The van der Waals surface area contributed by atoms with Crippen LogP contribution in [0.2, 0.25) is 0 Å². The van der Waals surface area contributed by atoms with Gasteiger partial charge in [-0.05, 0) is 6.92 Å². The minimum Gasteiger partial charge on any atom is -0.332 e. The summed E-state index contributed by atoms with van der Waals surface area (Å²) in [4.78, 5) is 13.8. The van der Waals surface area contributed by atoms with Gasteiger partial charge in [0.1, 0.15) is 0 Å². The second kappa shape index (κ2) is 3.98. The summed E-state index contributed by atoms with van der Waals surface area (Å²) < 4.78 is 1.54. The van der Waals surface area contributed by atoms with Crippen LogP contribution in [0.15, 0.2) is 6.20 Å². The highest BCUT2D eigenvalue weighted by atomic mass is 16.2. The van der Waals surface area contributed by atoms with Gasteiger partial charge in [0.25, 0.3) is 5.91 Å². The molecule has 82 valence electrons. The van der Waals surface area contributed by atoms with Crippen LogP contribution >= 0.6 is 0 Å². The highest BCUT2D eigenvalue weighted by molar-refractivity contribution is 5.92. The summed E-state index contributed by atoms with van der Waals surface area (Å²) in [6.07, 6.45) is 1.65. The molecule has 1 aromatic heterocycles. The maximum atomic E-state index is 12.0. The molecule has 2 heterocycles. The first-order chi connectivity index (χ1) is 7.18. The Bertz CT molecular complexity index is 361. The molecule has 6 heteroatoms. The average molecular weight is 209 g/mol. The Morgan fingerprint density at radius 1 is 1.67 bits per heavy atom. The van der Waals surface area contributed by atoms with Crippen LogP contribution in [0.5, 0.6) is 0 Å². The molecule has 0 saturated carbocycles. The summed E-state index contributed by atoms with van der Waals surface area (Å²) in [6.45, 7) is 4.44. The van der Waals surface area contributed by atoms with E-state index >= 15 is 0 Å². The van der Waals surface area contributed by atoms with Crippen molar-refractivity contribution in [2.75, 3.05) is 19.6 Å². The molecule has 0 radical (unpaired) electrons. The lowest BCUT2D eigenvalue weighted by molar-refractivity contribution is 0.0649. The number of carbonyl (C=O) groups excluding carboxylic acids is 1. The van der Waals surface area contributed by atoms with E-state index in [0.717, 1.165) is 19.6 Å². The van der Waals surface area contributed by atoms with E-state index in [1.807, 2.05) is 11.8 Å². The smallest absolute Gasteiger partial charge is 0.276 e. The van der Waals surface area contributed by atoms with Crippen molar-refractivity contribution in [1.82, 2.24) is 25.2 Å². The first-order valence-electron chi connectivity index (χ1n) is 5.06. The van der Waals surface area contributed by atoms with Crippen molar-refractivity contribution in [3.63, 3.8) is 0 Å². The zero-order chi connectivity index (χ0) is 10.8. The molecule has 1 N–H and O–H groups in total. The fraction of sp³-hybridized carbons (Fsp3) is 0.667. The number of nitrogens with zero attached hydrogens (tertiary/aromatic N) is 4. The highest BCUT2D eigenvalue weighted by Crippen LogP contribution is 2.07. The minimum absolute atomic E-state index is 0.0305. The molecule has 15 heavy (non-hydrogen) atoms. The molecule has 1 unspecified atom stereocenters. The van der Waals surface area contributed by atoms with Crippen LogP contribution in [0.1, 0.15) is 17.4 Å². The van der Waals surface area contributed by atoms with E-state index in [0.29, 0.717) is 5.69 Å². The van der Waals surface area contributed by atoms with Crippen molar-refractivity contribution in [3.05, 3.63) is 11.9 Å². The maximum absolute atomic E-state index is 12.0. The highest BCUT2D eigenvalue weighted by Gasteiger charge is 2.25. The third-order valence-corrected chi connectivity index (χ3v) is 2.58. The summed E-state index contributed by atoms with van der Waals surface area (Å²) in [6, 6.07) is 0.216. The van der Waals surface area contributed by atoms with Gasteiger partial charge in [0.05, 0.1) is 6.20 Å². The normalized spacial score (nSPS) is 21.7. The molecule has 0 aliphatic carbocycles. The minimum atomic E-state index is -0.0305. The number of aryl methyl sites for hydroxylation is 1. The van der Waals surface area contributed by atoms with E-state index in [-0.39, 0.29) is 11.9 Å². The monoisotopic (exact) mass is 209 g/mol. The zero-order valence-electron chi connectivity index (χ0n) is 8.97. The van der Waals surface area contributed by atoms with Gasteiger partial charge < -0.3 is 10.2 Å². The maximum Gasteiger partial charge on any atom is 0.276 e. The second-order valence-electron chi connectivity index (χ2n) is 3.83. The quantitative estimate of drug-likeness (QED) is 0.661. The topological polar surface area (TPSA) is 63.1 Å². The number of hydrogen-bond donors (Lipinski definition) is 1. The summed E-state index contributed by atoms with van der Waals surface area (Å²) in [7, 11) is 1.75. The Kier molecular flexibility index (Phi) is 2.68. The molecular weight excluding hydrogens is 194 g/mol. The fourth-order valence-corrected chi connectivity index (χ4v) is 1.74. The standard InChI is InChI=1S/C9H15N5O/c1-7-5-10-3-4-14(7)9(15)8-6-13(2)12-11-8/h6-7,10H,3-5H2,1-2H3. The lowest BCUT2D eigenvalue weighted by Gasteiger charge is -2.33. The Morgan fingerprint density at radius 2 is 2.47 bits per heavy atom. The van der Waals surface area contributed by atoms with Gasteiger partial charge in [0.15, 0.2) is 5.69 Å². The van der Waals surface area contributed by atoms with Gasteiger partial charge in [-0.2, -0.15) is 0 Å². The number of nitrogens with one attached hydrogen (secondary N) is 1. The van der Waals surface area contributed by atoms with E-state index in [4.69, 9.17) is 0 Å². The third-order valence-electron chi connectivity index (χ3n) is 2.58. The SMILES string of the molecule is CC1CNCCN1C(=O)c1cn(C)nn1. The van der Waals surface area contributed by atoms with Gasteiger partial charge in [0.2, 0.25) is 0 Å². The van der Waals surface area contributed by atoms with Gasteiger partial charge >= 0.3 is 0 Å². The van der Waals surface area contributed by atoms with Crippen LogP contribution in [0.4, 0.5) is 0 Å². The summed E-state index contributed by atoms with van der Waals surface area (Å²) in [5.41, 5.74) is 0.422. The van der Waals surface area contributed by atoms with Gasteiger partial charge in [-0.1, -0.05) is 5.21 Å². The molecule has 2 rings (SSSR count). The molecule has 0 bridgehead atoms. The van der Waals surface area contributed by atoms with E-state index in [1.54, 1.807) is 17.9 Å². The van der Waals surface area contributed by atoms with Gasteiger partial charge in [-0.25, -0.2) is 0 Å². The van der Waals surface area contributed by atoms with E-state index < -0.39 is 0 Å². The summed E-state index contributed by atoms with van der Waals surface area (Å²) >= 11 is 0. The molecule has 1 saturated heterocycles. The van der Waals surface area contributed by atoms with E-state index in [2.05, 4.69) is 15.6 Å². The molecule has 1 fully saturated rings. The number of carbonyl (C=O) groups is 1. The van der Waals surface area contributed by atoms with Crippen LogP contribution in [-0.2, 0) is 7.05 Å². The first kappa shape index (κ1) is 10.1. The van der Waals surface area contributed by atoms with Crippen molar-refractivity contribution >= 4 is 5.91 Å². The molecule has 1 aromatic rings. The number of hydrogen-bond acceptors (Lipinski definition) is 4. The molecule has 1 amide bonds. The number of amides is 1. The van der Waals surface area contributed by atoms with Crippen LogP contribution in [-0.4, -0.2) is 51.5 Å². The van der Waals surface area contributed by atoms with E-state index in [1.165, 1.54) is 0 Å². The van der Waals surface area contributed by atoms with E-state index in [9.17, 15) is 4.79 Å². The second-order valence-corrected chi connectivity index (χ2v) is 3.83. The van der Waals surface area contributed by atoms with Gasteiger partial charge in [-0.3, -0.25) is 9.48 Å². The lowest BCUT2D eigenvalue weighted by atomic mass is 10.2. The predicted octanol–water partition coefficient (Wildman–Crippen LogP) is -0.751. The Morgan fingerprint density at radius 3 is 3.07 bits per heavy atom.